The van der Waals surface area contributed by atoms with Crippen molar-refractivity contribution in [2.24, 2.45) is 0 Å². The Morgan fingerprint density at radius 3 is 2.54 bits per heavy atom. The molecule has 7 nitrogen and oxygen atoms in total. The molecule has 0 heterocycles. The third kappa shape index (κ3) is 4.33. The topological polar surface area (TPSA) is 105 Å². The Hall–Kier alpha value is -3.35. The van der Waals surface area contributed by atoms with E-state index in [1.54, 1.807) is 30.3 Å². The first-order chi connectivity index (χ1) is 11.5. The molecule has 7 heteroatoms. The quantitative estimate of drug-likeness (QED) is 0.722. The molecule has 0 fully saturated rings. The van der Waals surface area contributed by atoms with E-state index in [2.05, 4.69) is 10.6 Å². The summed E-state index contributed by atoms with van der Waals surface area (Å²) in [4.78, 5) is 35.2. The molecule has 24 heavy (non-hydrogen) atoms. The molecule has 0 saturated carbocycles. The van der Waals surface area contributed by atoms with Crippen LogP contribution in [0.3, 0.4) is 0 Å². The monoisotopic (exact) mass is 328 g/mol. The SMILES string of the molecule is CNC(=O)c1cccc(NC(=O)COC(=O)c2ccccc2O)c1. The highest BCUT2D eigenvalue weighted by atomic mass is 16.5. The van der Waals surface area contributed by atoms with Crippen molar-refractivity contribution in [3.05, 3.63) is 59.7 Å². The molecule has 2 aromatic rings. The maximum absolute atomic E-state index is 11.8. The van der Waals surface area contributed by atoms with E-state index in [9.17, 15) is 19.5 Å². The first-order valence-corrected chi connectivity index (χ1v) is 7.08. The van der Waals surface area contributed by atoms with Crippen LogP contribution in [-0.4, -0.2) is 36.5 Å². The summed E-state index contributed by atoms with van der Waals surface area (Å²) >= 11 is 0. The summed E-state index contributed by atoms with van der Waals surface area (Å²) in [5, 5.41) is 14.6. The van der Waals surface area contributed by atoms with Gasteiger partial charge in [-0.15, -0.1) is 0 Å². The maximum atomic E-state index is 11.8. The van der Waals surface area contributed by atoms with Crippen LogP contribution in [0.2, 0.25) is 0 Å². The number of amides is 2. The third-order valence-corrected chi connectivity index (χ3v) is 3.09. The van der Waals surface area contributed by atoms with Gasteiger partial charge < -0.3 is 20.5 Å². The Labute approximate surface area is 138 Å². The zero-order valence-electron chi connectivity index (χ0n) is 12.9. The number of phenolic OH excluding ortho intramolecular Hbond substituents is 1. The smallest absolute Gasteiger partial charge is 0.342 e. The summed E-state index contributed by atoms with van der Waals surface area (Å²) in [6.07, 6.45) is 0. The van der Waals surface area contributed by atoms with Crippen molar-refractivity contribution in [2.75, 3.05) is 19.0 Å². The number of hydrogen-bond acceptors (Lipinski definition) is 5. The fraction of sp³-hybridized carbons (Fsp3) is 0.118. The molecule has 0 aliphatic heterocycles. The fourth-order valence-electron chi connectivity index (χ4n) is 1.93. The van der Waals surface area contributed by atoms with Gasteiger partial charge in [-0.1, -0.05) is 18.2 Å². The van der Waals surface area contributed by atoms with E-state index < -0.39 is 18.5 Å². The van der Waals surface area contributed by atoms with Gasteiger partial charge in [-0.3, -0.25) is 9.59 Å². The number of hydrogen-bond donors (Lipinski definition) is 3. The van der Waals surface area contributed by atoms with Crippen molar-refractivity contribution in [2.45, 2.75) is 0 Å². The van der Waals surface area contributed by atoms with Gasteiger partial charge in [-0.2, -0.15) is 0 Å². The van der Waals surface area contributed by atoms with Crippen molar-refractivity contribution in [1.29, 1.82) is 0 Å². The fourth-order valence-corrected chi connectivity index (χ4v) is 1.93. The summed E-state index contributed by atoms with van der Waals surface area (Å²) in [6.45, 7) is -0.516. The predicted octanol–water partition coefficient (Wildman–Crippen LogP) is 1.55. The Morgan fingerprint density at radius 1 is 1.08 bits per heavy atom. The third-order valence-electron chi connectivity index (χ3n) is 3.09. The van der Waals surface area contributed by atoms with Crippen LogP contribution in [-0.2, 0) is 9.53 Å². The van der Waals surface area contributed by atoms with Crippen LogP contribution < -0.4 is 10.6 Å². The number of nitrogens with one attached hydrogen (secondary N) is 2. The van der Waals surface area contributed by atoms with Crippen molar-refractivity contribution in [3.63, 3.8) is 0 Å². The van der Waals surface area contributed by atoms with Gasteiger partial charge >= 0.3 is 5.97 Å². The second-order valence-corrected chi connectivity index (χ2v) is 4.80. The van der Waals surface area contributed by atoms with E-state index in [-0.39, 0.29) is 17.2 Å². The molecule has 0 spiro atoms. The molecule has 124 valence electrons. The minimum Gasteiger partial charge on any atom is -0.507 e. The lowest BCUT2D eigenvalue weighted by atomic mass is 10.2. The molecule has 0 bridgehead atoms. The number of aromatic hydroxyl groups is 1. The van der Waals surface area contributed by atoms with Crippen molar-refractivity contribution in [1.82, 2.24) is 5.32 Å². The molecule has 0 unspecified atom stereocenters. The Balaban J connectivity index is 1.93. The van der Waals surface area contributed by atoms with Crippen LogP contribution in [0.4, 0.5) is 5.69 Å². The first-order valence-electron chi connectivity index (χ1n) is 7.08. The molecule has 0 aliphatic carbocycles. The lowest BCUT2D eigenvalue weighted by Crippen LogP contribution is -2.22. The minimum absolute atomic E-state index is 0.0214. The predicted molar refractivity (Wildman–Crippen MR) is 86.9 cm³/mol. The minimum atomic E-state index is -0.803. The van der Waals surface area contributed by atoms with Crippen LogP contribution in [0.25, 0.3) is 0 Å². The van der Waals surface area contributed by atoms with E-state index >= 15 is 0 Å². The van der Waals surface area contributed by atoms with Crippen molar-refractivity contribution in [3.8, 4) is 5.75 Å². The maximum Gasteiger partial charge on any atom is 0.342 e. The van der Waals surface area contributed by atoms with Crippen molar-refractivity contribution < 1.29 is 24.2 Å². The Bertz CT molecular complexity index is 773. The lowest BCUT2D eigenvalue weighted by molar-refractivity contribution is -0.119. The summed E-state index contributed by atoms with van der Waals surface area (Å²) in [7, 11) is 1.51. The van der Waals surface area contributed by atoms with E-state index in [0.717, 1.165) is 0 Å². The molecular weight excluding hydrogens is 312 g/mol. The summed E-state index contributed by atoms with van der Waals surface area (Å²) in [6, 6.07) is 12.2. The number of para-hydroxylation sites is 1. The highest BCUT2D eigenvalue weighted by Gasteiger charge is 2.14. The zero-order valence-corrected chi connectivity index (χ0v) is 12.9. The zero-order chi connectivity index (χ0) is 17.5. The second kappa shape index (κ2) is 7.77. The average molecular weight is 328 g/mol. The number of anilines is 1. The van der Waals surface area contributed by atoms with E-state index in [1.165, 1.54) is 25.2 Å². The molecular formula is C17H16N2O5. The van der Waals surface area contributed by atoms with Crippen LogP contribution in [0, 0.1) is 0 Å². The Kier molecular flexibility index (Phi) is 5.51. The second-order valence-electron chi connectivity index (χ2n) is 4.80. The number of ether oxygens (including phenoxy) is 1. The lowest BCUT2D eigenvalue weighted by Gasteiger charge is -2.08. The number of benzene rings is 2. The average Bonchev–Trinajstić information content (AvgIpc) is 2.59. The molecule has 3 N–H and O–H groups in total. The van der Waals surface area contributed by atoms with Gasteiger partial charge in [0.1, 0.15) is 11.3 Å². The number of carbonyl (C=O) groups is 3. The molecule has 0 saturated heterocycles. The number of phenols is 1. The number of carbonyl (C=O) groups excluding carboxylic acids is 3. The summed E-state index contributed by atoms with van der Waals surface area (Å²) < 4.78 is 4.85. The molecule has 2 rings (SSSR count). The summed E-state index contributed by atoms with van der Waals surface area (Å²) in [5.41, 5.74) is 0.771. The normalized spacial score (nSPS) is 9.88. The molecule has 2 amide bonds. The summed E-state index contributed by atoms with van der Waals surface area (Å²) in [5.74, 6) is -1.87. The van der Waals surface area contributed by atoms with E-state index in [0.29, 0.717) is 11.3 Å². The van der Waals surface area contributed by atoms with Gasteiger partial charge in [0.2, 0.25) is 0 Å². The standard InChI is InChI=1S/C17H16N2O5/c1-18-16(22)11-5-4-6-12(9-11)19-15(21)10-24-17(23)13-7-2-3-8-14(13)20/h2-9,20H,10H2,1H3,(H,18,22)(H,19,21). The number of esters is 1. The van der Waals surface area contributed by atoms with Gasteiger partial charge in [0, 0.05) is 18.3 Å². The van der Waals surface area contributed by atoms with Gasteiger partial charge in [0.25, 0.3) is 11.8 Å². The van der Waals surface area contributed by atoms with Crippen LogP contribution >= 0.6 is 0 Å². The van der Waals surface area contributed by atoms with E-state index in [1.807, 2.05) is 0 Å². The molecule has 0 atom stereocenters. The van der Waals surface area contributed by atoms with Gasteiger partial charge in [-0.25, -0.2) is 4.79 Å². The van der Waals surface area contributed by atoms with Gasteiger partial charge in [0.15, 0.2) is 6.61 Å². The Morgan fingerprint density at radius 2 is 1.83 bits per heavy atom. The van der Waals surface area contributed by atoms with Crippen LogP contribution in [0.5, 0.6) is 5.75 Å². The van der Waals surface area contributed by atoms with Crippen LogP contribution in [0.1, 0.15) is 20.7 Å². The van der Waals surface area contributed by atoms with Crippen molar-refractivity contribution >= 4 is 23.5 Å². The molecule has 2 aromatic carbocycles. The van der Waals surface area contributed by atoms with Crippen LogP contribution in [0.15, 0.2) is 48.5 Å². The van der Waals surface area contributed by atoms with E-state index in [4.69, 9.17) is 4.74 Å². The highest BCUT2D eigenvalue weighted by molar-refractivity contribution is 5.98. The molecule has 0 radical (unpaired) electrons. The largest absolute Gasteiger partial charge is 0.507 e. The molecule has 0 aromatic heterocycles. The number of rotatable bonds is 5. The van der Waals surface area contributed by atoms with Gasteiger partial charge in [0.05, 0.1) is 0 Å². The molecule has 0 aliphatic rings. The van der Waals surface area contributed by atoms with Gasteiger partial charge in [-0.05, 0) is 30.3 Å². The first kappa shape index (κ1) is 17.0. The highest BCUT2D eigenvalue weighted by Crippen LogP contribution is 2.16.